The number of hydrogen-bond donors (Lipinski definition) is 1. The van der Waals surface area contributed by atoms with Crippen LogP contribution < -0.4 is 5.73 Å². The van der Waals surface area contributed by atoms with Crippen LogP contribution in [0.25, 0.3) is 0 Å². The summed E-state index contributed by atoms with van der Waals surface area (Å²) in [5.74, 6) is 3.26. The normalized spacial score (nSPS) is 14.9. The molecule has 0 aromatic carbocycles. The Bertz CT molecular complexity index is 5480. The molecule has 0 bridgehead atoms. The number of piperidine rings is 1. The minimum atomic E-state index is -4.25. The van der Waals surface area contributed by atoms with Gasteiger partial charge in [0.25, 0.3) is 5.91 Å². The van der Waals surface area contributed by atoms with Gasteiger partial charge >= 0.3 is 6.18 Å². The summed E-state index contributed by atoms with van der Waals surface area (Å²) >= 11 is 16.1. The van der Waals surface area contributed by atoms with Gasteiger partial charge in [-0.15, -0.1) is 126 Å². The van der Waals surface area contributed by atoms with E-state index in [1.165, 1.54) is 169 Å². The predicted molar refractivity (Wildman–Crippen MR) is 611 cm³/mol. The molecule has 10 aromatic heterocycles. The molecule has 16 rings (SSSR count). The van der Waals surface area contributed by atoms with E-state index < -0.39 is 24.8 Å². The van der Waals surface area contributed by atoms with Crippen molar-refractivity contribution in [1.29, 1.82) is 0 Å². The fraction of sp³-hybridized carbons (Fsp3) is 0.553. The van der Waals surface area contributed by atoms with Crippen molar-refractivity contribution in [2.45, 2.75) is 294 Å². The highest BCUT2D eigenvalue weighted by Crippen LogP contribution is 2.34. The average molecular weight is 2230 g/mol. The smallest absolute Gasteiger partial charge is 0.385 e. The maximum absolute atomic E-state index is 12.6. The number of alkyl halides is 3. The number of hydrogen-bond acceptors (Lipinski definition) is 27. The average Bonchev–Trinajstić information content (AvgIpc) is 1.68. The second-order valence-corrected chi connectivity index (χ2v) is 49.3. The van der Waals surface area contributed by atoms with Crippen LogP contribution in [-0.4, -0.2) is 202 Å². The number of carbonyl (C=O) groups excluding carboxylic acids is 11. The first-order chi connectivity index (χ1) is 70.0. The molecule has 0 spiro atoms. The Balaban J connectivity index is 0.000000251. The number of ketones is 9. The van der Waals surface area contributed by atoms with Crippen LogP contribution >= 0.6 is 126 Å². The van der Waals surface area contributed by atoms with Crippen LogP contribution in [0.1, 0.15) is 365 Å². The van der Waals surface area contributed by atoms with E-state index in [0.29, 0.717) is 131 Å². The molecule has 1 atom stereocenters. The van der Waals surface area contributed by atoms with Crippen LogP contribution in [0.3, 0.4) is 0 Å². The third kappa shape index (κ3) is 51.4. The molecule has 0 radical (unpaired) electrons. The zero-order valence-corrected chi connectivity index (χ0v) is 97.5. The van der Waals surface area contributed by atoms with Crippen molar-refractivity contribution in [3.63, 3.8) is 0 Å². The number of Topliss-reactive ketones (excluding diaryl/α,β-unsaturated/α-hetero) is 9. The summed E-state index contributed by atoms with van der Waals surface area (Å²) in [6.45, 7) is 34.4. The van der Waals surface area contributed by atoms with Gasteiger partial charge in [-0.3, -0.25) is 52.7 Å². The van der Waals surface area contributed by atoms with E-state index in [4.69, 9.17) is 19.9 Å². The first-order valence-corrected chi connectivity index (χ1v) is 60.5. The van der Waals surface area contributed by atoms with Crippen molar-refractivity contribution in [3.05, 3.63) is 219 Å². The summed E-state index contributed by atoms with van der Waals surface area (Å²) in [4.78, 5) is 149. The van der Waals surface area contributed by atoms with E-state index in [1.807, 2.05) is 156 Å². The summed E-state index contributed by atoms with van der Waals surface area (Å²) in [7, 11) is 3.18. The number of amides is 2. The molecule has 2 N–H and O–H groups in total. The number of carbonyl (C=O) groups is 11. The third-order valence-electron chi connectivity index (χ3n) is 25.4. The molecule has 6 aliphatic rings. The molecule has 0 unspecified atom stereocenters. The number of unbranched alkanes of at least 4 members (excludes halogenated alkanes) is 3. The second kappa shape index (κ2) is 71.7. The maximum atomic E-state index is 12.6. The molecular formula is C114H157ClF3N5O14S10. The molecule has 19 nitrogen and oxygen atoms in total. The molecule has 2 saturated carbocycles. The minimum absolute atomic E-state index is 0. The highest BCUT2D eigenvalue weighted by Gasteiger charge is 2.33. The molecular weight excluding hydrogens is 2080 g/mol. The van der Waals surface area contributed by atoms with Crippen molar-refractivity contribution in [1.82, 2.24) is 19.6 Å². The molecule has 6 fully saturated rings. The van der Waals surface area contributed by atoms with Crippen molar-refractivity contribution >= 4 is 190 Å². The van der Waals surface area contributed by atoms with Crippen LogP contribution in [-0.2, 0) is 19.0 Å². The Hall–Kier alpha value is -7.19. The lowest BCUT2D eigenvalue weighted by Gasteiger charge is -2.28. The number of nitrogens with zero attached hydrogens (tertiary/aromatic N) is 4. The van der Waals surface area contributed by atoms with Gasteiger partial charge in [-0.25, -0.2) is 0 Å². The fourth-order valence-electron chi connectivity index (χ4n) is 16.9. The summed E-state index contributed by atoms with van der Waals surface area (Å²) in [6, 6.07) is 19.8. The summed E-state index contributed by atoms with van der Waals surface area (Å²) in [5.41, 5.74) is 13.5. The standard InChI is InChI=1S/C15H22N2OS.C15H23NOS.C14H19NO3S.C12H16OS.C11H14OS.C10H15NOS.C10H14O2S.C10H14OS.C9H9F3OS.C8H10O2S.ClH/c1-12-9-13(11-19-12)15(18)17-8-4-5-14(17)10-16-6-2-3-7-16;1-13-11-14(12-18-13)15(17)7-3-6-10-16-8-4-2-5-9-16;1-11-9-12(10-19-11)13(16)3-2-4-14(17)15-5-7-18-8-6-15;1-9-6-11(8-14-9)12(13)7-10-4-2-3-5-10;1-8-5-10(7-13-8)11(12)6-9-3-2-4-9;1-8-6-9(7-13-8)10(12)4-2-3-5-11;1-8-6-9(7-13-8)10(11)4-3-5-12-2;1-3-4-5-10(11)9-6-8(2)12-7-9;1-6-4-7(5-14-6)8(13)2-3-9(10,11)12;1-6-3-7(5-11-6)8(9)4-10-2;/h9,11,14H,2-8,10H2,1H3;11-12H,2-10H2,1H3;9-10H,2-8H2,1H3;6,8,10H,2-5,7H2,1H3;5,7,9H,2-4,6H2,1H3;6-7H,2-5,11H2,1H3;6-7H,3-5H2,1-2H3;6-7H,3-5H2,1-2H3;4-5H,2-3H2,1H3;3,5H,4H2,1-2H3;1H/t14-;;;;;;;;;;/m1........../s1. The lowest BCUT2D eigenvalue weighted by molar-refractivity contribution is -0.135. The molecule has 810 valence electrons. The van der Waals surface area contributed by atoms with Gasteiger partial charge in [-0.2, -0.15) is 13.2 Å². The van der Waals surface area contributed by atoms with Gasteiger partial charge < -0.3 is 39.5 Å². The topological polar surface area (TPSA) is 254 Å². The quantitative estimate of drug-likeness (QED) is 0.0277. The Morgan fingerprint density at radius 3 is 1.03 bits per heavy atom. The van der Waals surface area contributed by atoms with Gasteiger partial charge in [0.1, 0.15) is 6.61 Å². The van der Waals surface area contributed by atoms with Gasteiger partial charge in [-0.1, -0.05) is 64.7 Å². The maximum Gasteiger partial charge on any atom is 0.389 e. The highest BCUT2D eigenvalue weighted by molar-refractivity contribution is 7.12. The number of likely N-dealkylation sites (tertiary alicyclic amines) is 3. The summed E-state index contributed by atoms with van der Waals surface area (Å²) in [6.07, 6.45) is 25.0. The number of ether oxygens (including phenoxy) is 3. The number of methoxy groups -OCH3 is 2. The SMILES string of the molecule is CCCCC(=O)c1csc(C)c1.COCC(=O)c1csc(C)c1.COCCCC(=O)c1csc(C)c1.Cc1cc(C(=O)CC2CCC2)cs1.Cc1cc(C(=O)CC2CCCC2)cs1.Cc1cc(C(=O)CCC(F)(F)F)cs1.Cc1cc(C(=O)CCCC(=O)N2CCOCC2)cs1.Cc1cc(C(=O)CCCCN)cs1.Cc1cc(C(=O)CCCCN2CCCCC2)cs1.Cc1cc(C(=O)N2CCC[C@@H]2CN2CCCC2)cs1.Cl. The number of thiophene rings is 10. The van der Waals surface area contributed by atoms with E-state index in [-0.39, 0.29) is 54.0 Å². The summed E-state index contributed by atoms with van der Waals surface area (Å²) < 4.78 is 50.2. The first kappa shape index (κ1) is 128. The van der Waals surface area contributed by atoms with E-state index in [2.05, 4.69) is 42.4 Å². The van der Waals surface area contributed by atoms with E-state index >= 15 is 0 Å². The van der Waals surface area contributed by atoms with Crippen LogP contribution in [0, 0.1) is 81.1 Å². The van der Waals surface area contributed by atoms with Crippen molar-refractivity contribution in [2.24, 2.45) is 17.6 Å². The number of nitrogens with two attached hydrogens (primary N) is 1. The Morgan fingerprint density at radius 1 is 0.354 bits per heavy atom. The Labute approximate surface area is 918 Å². The predicted octanol–water partition coefficient (Wildman–Crippen LogP) is 30.5. The van der Waals surface area contributed by atoms with Gasteiger partial charge in [-0.05, 0) is 264 Å². The van der Waals surface area contributed by atoms with Gasteiger partial charge in [0.15, 0.2) is 52.0 Å². The molecule has 2 amide bonds. The largest absolute Gasteiger partial charge is 0.389 e. The van der Waals surface area contributed by atoms with Crippen LogP contribution in [0.5, 0.6) is 0 Å². The van der Waals surface area contributed by atoms with Crippen LogP contribution in [0.4, 0.5) is 13.2 Å². The number of morpholine rings is 1. The fourth-order valence-corrected chi connectivity index (χ4v) is 24.0. The third-order valence-corrected chi connectivity index (χ3v) is 34.0. The van der Waals surface area contributed by atoms with Gasteiger partial charge in [0.05, 0.1) is 25.2 Å². The Morgan fingerprint density at radius 2 is 0.687 bits per heavy atom. The number of rotatable bonds is 40. The zero-order chi connectivity index (χ0) is 106. The zero-order valence-electron chi connectivity index (χ0n) is 88.5. The lowest BCUT2D eigenvalue weighted by Crippen LogP contribution is -2.42. The molecule has 14 heterocycles. The Kier molecular flexibility index (Phi) is 62.6. The number of halogens is 4. The molecule has 10 aromatic rings. The minimum Gasteiger partial charge on any atom is -0.385 e. The molecule has 4 saturated heterocycles. The van der Waals surface area contributed by atoms with Gasteiger partial charge in [0.2, 0.25) is 5.91 Å². The van der Waals surface area contributed by atoms with Crippen LogP contribution in [0.2, 0.25) is 0 Å². The molecule has 4 aliphatic heterocycles. The van der Waals surface area contributed by atoms with Crippen molar-refractivity contribution < 1.29 is 80.1 Å². The highest BCUT2D eigenvalue weighted by atomic mass is 35.5. The van der Waals surface area contributed by atoms with E-state index in [9.17, 15) is 65.9 Å². The first-order valence-electron chi connectivity index (χ1n) is 51.7. The second-order valence-electron chi connectivity index (χ2n) is 38.1. The van der Waals surface area contributed by atoms with Gasteiger partial charge in [0, 0.05) is 263 Å². The van der Waals surface area contributed by atoms with E-state index in [0.717, 1.165) is 142 Å². The monoisotopic (exact) mass is 2230 g/mol. The summed E-state index contributed by atoms with van der Waals surface area (Å²) in [5, 5.41) is 19.1. The molecule has 33 heteroatoms. The van der Waals surface area contributed by atoms with Crippen LogP contribution in [0.15, 0.2) is 114 Å². The molecule has 2 aliphatic carbocycles. The van der Waals surface area contributed by atoms with Crippen molar-refractivity contribution in [3.8, 4) is 0 Å². The number of aryl methyl sites for hydroxylation is 10. The lowest BCUT2D eigenvalue weighted by atomic mass is 9.81. The van der Waals surface area contributed by atoms with E-state index in [1.54, 1.807) is 121 Å². The molecule has 147 heavy (non-hydrogen) atoms. The van der Waals surface area contributed by atoms with Crippen molar-refractivity contribution in [2.75, 3.05) is 106 Å².